The normalized spacial score (nSPS) is 31.0. The van der Waals surface area contributed by atoms with Gasteiger partial charge in [0.05, 0.1) is 12.0 Å². The fourth-order valence-electron chi connectivity index (χ4n) is 3.70. The van der Waals surface area contributed by atoms with Crippen molar-refractivity contribution in [2.24, 2.45) is 0 Å². The quantitative estimate of drug-likeness (QED) is 0.705. The van der Waals surface area contributed by atoms with Gasteiger partial charge in [0.15, 0.2) is 6.23 Å². The van der Waals surface area contributed by atoms with Gasteiger partial charge >= 0.3 is 0 Å². The summed E-state index contributed by atoms with van der Waals surface area (Å²) < 4.78 is 7.34. The van der Waals surface area contributed by atoms with Crippen molar-refractivity contribution in [3.63, 3.8) is 0 Å². The molecule has 0 radical (unpaired) electrons. The predicted molar refractivity (Wildman–Crippen MR) is 93.3 cm³/mol. The molecule has 3 heterocycles. The van der Waals surface area contributed by atoms with Crippen LogP contribution >= 0.6 is 11.8 Å². The first-order valence-electron chi connectivity index (χ1n) is 8.79. The van der Waals surface area contributed by atoms with Gasteiger partial charge in [-0.2, -0.15) is 0 Å². The molecule has 136 valence electrons. The topological polar surface area (TPSA) is 101 Å². The lowest BCUT2D eigenvalue weighted by Gasteiger charge is -2.21. The molecule has 7 nitrogen and oxygen atoms in total. The van der Waals surface area contributed by atoms with E-state index in [1.54, 1.807) is 22.5 Å². The molecule has 0 amide bonds. The maximum Gasteiger partial charge on any atom is 0.164 e. The third kappa shape index (κ3) is 3.17. The van der Waals surface area contributed by atoms with Crippen LogP contribution in [0.25, 0.3) is 11.0 Å². The molecule has 2 aromatic rings. The Labute approximate surface area is 150 Å². The van der Waals surface area contributed by atoms with E-state index in [4.69, 9.17) is 4.74 Å². The van der Waals surface area contributed by atoms with Gasteiger partial charge in [-0.15, -0.1) is 11.8 Å². The molecule has 2 aliphatic rings. The van der Waals surface area contributed by atoms with E-state index in [0.717, 1.165) is 10.4 Å². The van der Waals surface area contributed by atoms with Gasteiger partial charge in [0, 0.05) is 11.4 Å². The number of aromatic nitrogens is 3. The number of hydrogen-bond acceptors (Lipinski definition) is 7. The molecule has 0 unspecified atom stereocenters. The summed E-state index contributed by atoms with van der Waals surface area (Å²) in [4.78, 5) is 8.80. The van der Waals surface area contributed by atoms with Crippen molar-refractivity contribution < 1.29 is 20.1 Å². The van der Waals surface area contributed by atoms with E-state index in [1.165, 1.54) is 38.4 Å². The van der Waals surface area contributed by atoms with E-state index in [-0.39, 0.29) is 6.61 Å². The highest BCUT2D eigenvalue weighted by molar-refractivity contribution is 8.00. The monoisotopic (exact) mass is 365 g/mol. The number of thioether (sulfide) groups is 1. The molecule has 0 aromatic carbocycles. The van der Waals surface area contributed by atoms with Gasteiger partial charge in [-0.1, -0.05) is 19.3 Å². The maximum atomic E-state index is 10.3. The van der Waals surface area contributed by atoms with Crippen LogP contribution in [0.2, 0.25) is 0 Å². The standard InChI is InChI=1S/C17H23N3O4S/c21-8-12-13(22)14(23)17(24-12)20-7-6-11-15(20)18-9-19-16(11)25-10-4-2-1-3-5-10/h6-7,9-10,12-14,17,21-23H,1-5,8H2/t12-,13-,14-,17-/m1/s1. The molecule has 4 atom stereocenters. The van der Waals surface area contributed by atoms with Gasteiger partial charge in [0.25, 0.3) is 0 Å². The first-order chi connectivity index (χ1) is 12.2. The minimum atomic E-state index is -1.12. The van der Waals surface area contributed by atoms with Gasteiger partial charge < -0.3 is 24.6 Å². The zero-order chi connectivity index (χ0) is 17.4. The predicted octanol–water partition coefficient (Wildman–Crippen LogP) is 1.47. The number of rotatable bonds is 4. The molecule has 3 N–H and O–H groups in total. The van der Waals surface area contributed by atoms with E-state index in [9.17, 15) is 15.3 Å². The molecular weight excluding hydrogens is 342 g/mol. The SMILES string of the molecule is OC[C@H]1O[C@@H](n2ccc3c(SC4CCCCC4)ncnc32)[C@H](O)[C@@H]1O. The van der Waals surface area contributed by atoms with Gasteiger partial charge in [0.1, 0.15) is 35.3 Å². The first kappa shape index (κ1) is 17.2. The average Bonchev–Trinajstić information content (AvgIpc) is 3.18. The third-order valence-corrected chi connectivity index (χ3v) is 6.45. The van der Waals surface area contributed by atoms with Gasteiger partial charge in [0.2, 0.25) is 0 Å². The van der Waals surface area contributed by atoms with Crippen LogP contribution in [0.1, 0.15) is 38.3 Å². The van der Waals surface area contributed by atoms with Crippen molar-refractivity contribution in [1.29, 1.82) is 0 Å². The maximum absolute atomic E-state index is 10.3. The highest BCUT2D eigenvalue weighted by Gasteiger charge is 2.43. The summed E-state index contributed by atoms with van der Waals surface area (Å²) in [7, 11) is 0. The summed E-state index contributed by atoms with van der Waals surface area (Å²) in [6.07, 6.45) is 5.82. The number of aliphatic hydroxyl groups is 3. The number of hydrogen-bond donors (Lipinski definition) is 3. The summed E-state index contributed by atoms with van der Waals surface area (Å²) in [6.45, 7) is -0.342. The lowest BCUT2D eigenvalue weighted by Crippen LogP contribution is -2.33. The van der Waals surface area contributed by atoms with Crippen molar-refractivity contribution in [2.75, 3.05) is 6.61 Å². The van der Waals surface area contributed by atoms with Crippen molar-refractivity contribution in [3.05, 3.63) is 18.6 Å². The van der Waals surface area contributed by atoms with E-state index in [1.807, 2.05) is 6.07 Å². The summed E-state index contributed by atoms with van der Waals surface area (Å²) >= 11 is 1.80. The zero-order valence-corrected chi connectivity index (χ0v) is 14.7. The Bertz CT molecular complexity index is 734. The highest BCUT2D eigenvalue weighted by atomic mass is 32.2. The van der Waals surface area contributed by atoms with Crippen LogP contribution in [0.15, 0.2) is 23.6 Å². The molecule has 4 rings (SSSR count). The van der Waals surface area contributed by atoms with E-state index in [0.29, 0.717) is 10.9 Å². The van der Waals surface area contributed by atoms with Crippen LogP contribution in [0.3, 0.4) is 0 Å². The Morgan fingerprint density at radius 2 is 1.96 bits per heavy atom. The number of aliphatic hydroxyl groups excluding tert-OH is 3. The molecule has 1 aliphatic carbocycles. The summed E-state index contributed by atoms with van der Waals surface area (Å²) in [5, 5.41) is 32.0. The van der Waals surface area contributed by atoms with Crippen LogP contribution < -0.4 is 0 Å². The molecule has 25 heavy (non-hydrogen) atoms. The van der Waals surface area contributed by atoms with Gasteiger partial charge in [-0.25, -0.2) is 9.97 Å². The molecule has 1 aliphatic heterocycles. The average molecular weight is 365 g/mol. The molecule has 2 fully saturated rings. The number of nitrogens with zero attached hydrogens (tertiary/aromatic N) is 3. The second-order valence-corrected chi connectivity index (χ2v) is 8.03. The molecule has 1 saturated heterocycles. The van der Waals surface area contributed by atoms with E-state index < -0.39 is 24.5 Å². The zero-order valence-electron chi connectivity index (χ0n) is 13.9. The van der Waals surface area contributed by atoms with Gasteiger partial charge in [-0.05, 0) is 18.9 Å². The first-order valence-corrected chi connectivity index (χ1v) is 9.67. The Morgan fingerprint density at radius 1 is 1.16 bits per heavy atom. The molecule has 8 heteroatoms. The minimum absolute atomic E-state index is 0.342. The van der Waals surface area contributed by atoms with Crippen LogP contribution in [0, 0.1) is 0 Å². The highest BCUT2D eigenvalue weighted by Crippen LogP contribution is 2.37. The molecule has 2 aromatic heterocycles. The second kappa shape index (κ2) is 7.20. The fourth-order valence-corrected chi connectivity index (χ4v) is 4.98. The van der Waals surface area contributed by atoms with Crippen LogP contribution in [-0.4, -0.2) is 60.0 Å². The second-order valence-electron chi connectivity index (χ2n) is 6.75. The van der Waals surface area contributed by atoms with Crippen molar-refractivity contribution >= 4 is 22.8 Å². The van der Waals surface area contributed by atoms with Crippen LogP contribution in [0.5, 0.6) is 0 Å². The minimum Gasteiger partial charge on any atom is -0.394 e. The Hall–Kier alpha value is -1.19. The number of ether oxygens (including phenoxy) is 1. The Balaban J connectivity index is 1.62. The summed E-state index contributed by atoms with van der Waals surface area (Å²) in [5.41, 5.74) is 0.670. The Morgan fingerprint density at radius 3 is 2.68 bits per heavy atom. The smallest absolute Gasteiger partial charge is 0.164 e. The third-order valence-electron chi connectivity index (χ3n) is 5.09. The summed E-state index contributed by atoms with van der Waals surface area (Å²) in [6, 6.07) is 1.93. The van der Waals surface area contributed by atoms with Gasteiger partial charge in [-0.3, -0.25) is 0 Å². The van der Waals surface area contributed by atoms with E-state index >= 15 is 0 Å². The molecule has 0 spiro atoms. The number of fused-ring (bicyclic) bond motifs is 1. The van der Waals surface area contributed by atoms with Crippen LogP contribution in [-0.2, 0) is 4.74 Å². The van der Waals surface area contributed by atoms with Crippen molar-refractivity contribution in [3.8, 4) is 0 Å². The fraction of sp³-hybridized carbons (Fsp3) is 0.647. The Kier molecular flexibility index (Phi) is 4.97. The lowest BCUT2D eigenvalue weighted by atomic mass is 10.0. The van der Waals surface area contributed by atoms with Crippen molar-refractivity contribution in [1.82, 2.24) is 14.5 Å². The summed E-state index contributed by atoms with van der Waals surface area (Å²) in [5.74, 6) is 0. The molecule has 1 saturated carbocycles. The van der Waals surface area contributed by atoms with E-state index in [2.05, 4.69) is 9.97 Å². The van der Waals surface area contributed by atoms with Crippen LogP contribution in [0.4, 0.5) is 0 Å². The molecule has 0 bridgehead atoms. The largest absolute Gasteiger partial charge is 0.394 e. The molecular formula is C17H23N3O4S. The lowest BCUT2D eigenvalue weighted by molar-refractivity contribution is -0.0508. The van der Waals surface area contributed by atoms with Crippen molar-refractivity contribution in [2.45, 2.75) is 66.9 Å².